The Balaban J connectivity index is 1.60. The predicted octanol–water partition coefficient (Wildman–Crippen LogP) is 7.46. The molecule has 0 N–H and O–H groups in total. The first-order valence-electron chi connectivity index (χ1n) is 15.1. The van der Waals surface area contributed by atoms with Crippen molar-refractivity contribution in [3.63, 3.8) is 0 Å². The highest BCUT2D eigenvalue weighted by Gasteiger charge is 2.59. The van der Waals surface area contributed by atoms with E-state index in [-0.39, 0.29) is 29.3 Å². The van der Waals surface area contributed by atoms with Crippen LogP contribution in [0.2, 0.25) is 0 Å². The summed E-state index contributed by atoms with van der Waals surface area (Å²) in [4.78, 5) is 25.2. The molecule has 0 saturated carbocycles. The molecule has 224 valence electrons. The third-order valence-corrected chi connectivity index (χ3v) is 10.2. The second-order valence-electron chi connectivity index (χ2n) is 12.3. The molecule has 0 fully saturated rings. The lowest BCUT2D eigenvalue weighted by Crippen LogP contribution is -2.52. The number of hydrogen-bond donors (Lipinski definition) is 0. The standard InChI is InChI=1S/C38H36O6/c1-20-27(22(3)39)11-13-29-34-32(18-43-36(20)29)31-17-26(42-6)10-15-33(31)38(24-8-7-9-25(16-24)41-5)19-44-37-21(2)28(23(4)40)12-14-30(37)35(34)38/h7-17,32,34-35H,18-19H2,1-6H3. The Morgan fingerprint density at radius 2 is 1.39 bits per heavy atom. The van der Waals surface area contributed by atoms with Crippen LogP contribution in [0.4, 0.5) is 0 Å². The van der Waals surface area contributed by atoms with E-state index in [1.54, 1.807) is 28.1 Å². The Morgan fingerprint density at radius 3 is 2.05 bits per heavy atom. The molecule has 4 aromatic carbocycles. The van der Waals surface area contributed by atoms with Gasteiger partial charge in [0.1, 0.15) is 29.6 Å². The van der Waals surface area contributed by atoms with Gasteiger partial charge >= 0.3 is 0 Å². The molecule has 0 amide bonds. The van der Waals surface area contributed by atoms with Crippen molar-refractivity contribution in [2.45, 2.75) is 50.9 Å². The summed E-state index contributed by atoms with van der Waals surface area (Å²) in [6, 6.07) is 22.7. The summed E-state index contributed by atoms with van der Waals surface area (Å²) in [6.45, 7) is 8.00. The second kappa shape index (κ2) is 10.3. The summed E-state index contributed by atoms with van der Waals surface area (Å²) >= 11 is 0. The molecule has 0 bridgehead atoms. The maximum absolute atomic E-state index is 12.6. The van der Waals surface area contributed by atoms with Crippen LogP contribution in [0.15, 0.2) is 66.7 Å². The molecular formula is C38H36O6. The zero-order valence-corrected chi connectivity index (χ0v) is 25.9. The van der Waals surface area contributed by atoms with E-state index in [2.05, 4.69) is 36.4 Å². The van der Waals surface area contributed by atoms with Gasteiger partial charge in [-0.1, -0.05) is 42.5 Å². The van der Waals surface area contributed by atoms with Gasteiger partial charge in [0.05, 0.1) is 26.2 Å². The molecule has 7 rings (SSSR count). The number of ether oxygens (including phenoxy) is 4. The predicted molar refractivity (Wildman–Crippen MR) is 168 cm³/mol. The van der Waals surface area contributed by atoms with E-state index in [0.29, 0.717) is 24.3 Å². The van der Waals surface area contributed by atoms with E-state index in [4.69, 9.17) is 18.9 Å². The van der Waals surface area contributed by atoms with Gasteiger partial charge in [-0.15, -0.1) is 0 Å². The molecule has 2 heterocycles. The van der Waals surface area contributed by atoms with Gasteiger partial charge in [0.2, 0.25) is 0 Å². The number of rotatable bonds is 5. The Labute approximate surface area is 257 Å². The van der Waals surface area contributed by atoms with E-state index in [9.17, 15) is 9.59 Å². The molecule has 0 aromatic heterocycles. The van der Waals surface area contributed by atoms with Crippen LogP contribution in [0, 0.1) is 13.8 Å². The van der Waals surface area contributed by atoms with Crippen molar-refractivity contribution in [2.75, 3.05) is 27.4 Å². The normalized spacial score (nSPS) is 22.5. The topological polar surface area (TPSA) is 71.1 Å². The molecule has 0 saturated heterocycles. The molecule has 44 heavy (non-hydrogen) atoms. The van der Waals surface area contributed by atoms with Crippen molar-refractivity contribution in [3.05, 3.63) is 117 Å². The highest BCUT2D eigenvalue weighted by Crippen LogP contribution is 2.66. The summed E-state index contributed by atoms with van der Waals surface area (Å²) in [5.41, 5.74) is 8.05. The third kappa shape index (κ3) is 3.86. The molecule has 2 aliphatic heterocycles. The molecule has 6 heteroatoms. The van der Waals surface area contributed by atoms with E-state index < -0.39 is 5.41 Å². The number of fused-ring (bicyclic) bond motifs is 10. The maximum Gasteiger partial charge on any atom is 0.160 e. The van der Waals surface area contributed by atoms with Gasteiger partial charge in [0.15, 0.2) is 11.6 Å². The van der Waals surface area contributed by atoms with Gasteiger partial charge in [-0.05, 0) is 79.8 Å². The minimum Gasteiger partial charge on any atom is -0.497 e. The summed E-state index contributed by atoms with van der Waals surface area (Å²) < 4.78 is 24.9. The van der Waals surface area contributed by atoms with Gasteiger partial charge in [0, 0.05) is 40.0 Å². The lowest BCUT2D eigenvalue weighted by atomic mass is 9.49. The van der Waals surface area contributed by atoms with Crippen molar-refractivity contribution in [2.24, 2.45) is 0 Å². The largest absolute Gasteiger partial charge is 0.497 e. The first kappa shape index (κ1) is 28.2. The minimum absolute atomic E-state index is 0.0117. The SMILES string of the molecule is COc1cccc(C23COc4c(ccc(C(C)=O)c4C)C2C2c4ccc(C(C)=O)c(C)c4OCC2c2cc(OC)ccc23)c1. The molecular weight excluding hydrogens is 552 g/mol. The third-order valence-electron chi connectivity index (χ3n) is 10.2. The Hall–Kier alpha value is -4.58. The molecule has 1 aliphatic carbocycles. The smallest absolute Gasteiger partial charge is 0.160 e. The van der Waals surface area contributed by atoms with Crippen LogP contribution in [0.25, 0.3) is 0 Å². The van der Waals surface area contributed by atoms with Crippen molar-refractivity contribution in [1.29, 1.82) is 0 Å². The average molecular weight is 589 g/mol. The lowest BCUT2D eigenvalue weighted by Gasteiger charge is -2.56. The summed E-state index contributed by atoms with van der Waals surface area (Å²) in [5.74, 6) is 3.08. The maximum atomic E-state index is 12.6. The zero-order chi connectivity index (χ0) is 30.9. The van der Waals surface area contributed by atoms with Crippen molar-refractivity contribution < 1.29 is 28.5 Å². The fourth-order valence-electron chi connectivity index (χ4n) is 8.25. The molecule has 0 spiro atoms. The molecule has 0 radical (unpaired) electrons. The van der Waals surface area contributed by atoms with Crippen molar-refractivity contribution in [3.8, 4) is 23.0 Å². The number of hydrogen-bond acceptors (Lipinski definition) is 6. The molecule has 3 aliphatic rings. The van der Waals surface area contributed by atoms with E-state index in [0.717, 1.165) is 56.4 Å². The van der Waals surface area contributed by atoms with Crippen molar-refractivity contribution >= 4 is 11.6 Å². The van der Waals surface area contributed by atoms with Gasteiger partial charge in [0.25, 0.3) is 0 Å². The number of methoxy groups -OCH3 is 2. The Bertz CT molecular complexity index is 1850. The summed E-state index contributed by atoms with van der Waals surface area (Å²) in [6.07, 6.45) is 0. The lowest BCUT2D eigenvalue weighted by molar-refractivity contribution is 0.100. The molecule has 6 nitrogen and oxygen atoms in total. The monoisotopic (exact) mass is 588 g/mol. The summed E-state index contributed by atoms with van der Waals surface area (Å²) in [5, 5.41) is 0. The number of carbonyl (C=O) groups excluding carboxylic acids is 2. The van der Waals surface area contributed by atoms with Crippen LogP contribution in [-0.2, 0) is 5.41 Å². The van der Waals surface area contributed by atoms with Crippen LogP contribution < -0.4 is 18.9 Å². The first-order valence-corrected chi connectivity index (χ1v) is 15.1. The molecule has 4 unspecified atom stereocenters. The molecule has 4 aromatic rings. The fourth-order valence-corrected chi connectivity index (χ4v) is 8.25. The Morgan fingerprint density at radius 1 is 0.750 bits per heavy atom. The summed E-state index contributed by atoms with van der Waals surface area (Å²) in [7, 11) is 3.38. The quantitative estimate of drug-likeness (QED) is 0.225. The Kier molecular flexibility index (Phi) is 6.58. The van der Waals surface area contributed by atoms with Crippen LogP contribution in [0.3, 0.4) is 0 Å². The second-order valence-corrected chi connectivity index (χ2v) is 12.3. The minimum atomic E-state index is -0.601. The van der Waals surface area contributed by atoms with Crippen molar-refractivity contribution in [1.82, 2.24) is 0 Å². The fraction of sp³-hybridized carbons (Fsp3) is 0.316. The highest BCUT2D eigenvalue weighted by molar-refractivity contribution is 5.97. The van der Waals surface area contributed by atoms with Crippen LogP contribution in [0.1, 0.15) is 91.3 Å². The van der Waals surface area contributed by atoms with E-state index in [1.807, 2.05) is 44.2 Å². The van der Waals surface area contributed by atoms with Crippen LogP contribution in [0.5, 0.6) is 23.0 Å². The highest BCUT2D eigenvalue weighted by atomic mass is 16.5. The number of benzene rings is 4. The number of Topliss-reactive ketones (excluding diaryl/α,β-unsaturated/α-hetero) is 2. The van der Waals surface area contributed by atoms with Gasteiger partial charge in [-0.2, -0.15) is 0 Å². The zero-order valence-electron chi connectivity index (χ0n) is 25.9. The van der Waals surface area contributed by atoms with Gasteiger partial charge in [-0.3, -0.25) is 9.59 Å². The van der Waals surface area contributed by atoms with Crippen LogP contribution >= 0.6 is 0 Å². The first-order chi connectivity index (χ1) is 21.2. The van der Waals surface area contributed by atoms with E-state index >= 15 is 0 Å². The van der Waals surface area contributed by atoms with Gasteiger partial charge < -0.3 is 18.9 Å². The van der Waals surface area contributed by atoms with E-state index in [1.165, 1.54) is 5.56 Å². The number of carbonyl (C=O) groups is 2. The van der Waals surface area contributed by atoms with Crippen LogP contribution in [-0.4, -0.2) is 39.0 Å². The molecule has 4 atom stereocenters. The average Bonchev–Trinajstić information content (AvgIpc) is 3.03. The number of ketones is 2. The van der Waals surface area contributed by atoms with Gasteiger partial charge in [-0.25, -0.2) is 0 Å².